The van der Waals surface area contributed by atoms with Gasteiger partial charge in [0.25, 0.3) is 5.91 Å². The molecular formula is C25H24N4O. The second-order valence-corrected chi connectivity index (χ2v) is 8.02. The summed E-state index contributed by atoms with van der Waals surface area (Å²) in [6.07, 6.45) is 4.06. The summed E-state index contributed by atoms with van der Waals surface area (Å²) in [5, 5.41) is 4.96. The molecule has 0 atom stereocenters. The summed E-state index contributed by atoms with van der Waals surface area (Å²) in [5.74, 6) is 1.06. The zero-order valence-electron chi connectivity index (χ0n) is 17.5. The summed E-state index contributed by atoms with van der Waals surface area (Å²) in [6.45, 7) is 7.27. The van der Waals surface area contributed by atoms with Gasteiger partial charge in [-0.2, -0.15) is 5.10 Å². The molecule has 1 aliphatic heterocycles. The number of hydrogen-bond donors (Lipinski definition) is 0. The van der Waals surface area contributed by atoms with Crippen molar-refractivity contribution >= 4 is 5.91 Å². The first-order chi connectivity index (χ1) is 14.5. The third-order valence-electron chi connectivity index (χ3n) is 5.82. The fourth-order valence-electron chi connectivity index (χ4n) is 4.28. The van der Waals surface area contributed by atoms with E-state index in [0.29, 0.717) is 13.1 Å². The smallest absolute Gasteiger partial charge is 0.254 e. The molecule has 0 fully saturated rings. The molecule has 0 aliphatic carbocycles. The molecule has 0 N–H and O–H groups in total. The topological polar surface area (TPSA) is 43.1 Å². The predicted octanol–water partition coefficient (Wildman–Crippen LogP) is 4.74. The summed E-state index contributed by atoms with van der Waals surface area (Å²) < 4.78 is 4.11. The number of carbonyl (C=O) groups is 1. The number of hydrogen-bond acceptors (Lipinski definition) is 2. The molecule has 2 aromatic carbocycles. The minimum absolute atomic E-state index is 0.0580. The zero-order valence-corrected chi connectivity index (χ0v) is 17.5. The molecule has 0 radical (unpaired) electrons. The van der Waals surface area contributed by atoms with Crippen LogP contribution >= 0.6 is 0 Å². The fourth-order valence-corrected chi connectivity index (χ4v) is 4.28. The Morgan fingerprint density at radius 1 is 0.900 bits per heavy atom. The maximum atomic E-state index is 13.2. The normalized spacial score (nSPS) is 13.0. The van der Waals surface area contributed by atoms with E-state index in [2.05, 4.69) is 36.6 Å². The summed E-state index contributed by atoms with van der Waals surface area (Å²) in [5.41, 5.74) is 7.29. The summed E-state index contributed by atoms with van der Waals surface area (Å²) in [6, 6.07) is 18.2. The number of carbonyl (C=O) groups excluding carboxylic acids is 1. The summed E-state index contributed by atoms with van der Waals surface area (Å²) in [7, 11) is 0. The van der Waals surface area contributed by atoms with Gasteiger partial charge in [0.05, 0.1) is 24.5 Å². The molecule has 3 heterocycles. The van der Waals surface area contributed by atoms with Crippen LogP contribution < -0.4 is 0 Å². The Hall–Kier alpha value is -3.60. The highest BCUT2D eigenvalue weighted by Crippen LogP contribution is 2.32. The molecule has 0 bridgehead atoms. The SMILES string of the molecule is Cc1ccc(-n2nc3c(c2-n2cccc2)CN(C(=O)c2ccccc2C)C3)c(C)c1. The molecule has 5 rings (SSSR count). The standard InChI is InChI=1S/C25H24N4O/c1-17-10-11-23(19(3)14-17)29-24(27-12-6-7-13-27)21-15-28(16-22(21)26-29)25(30)20-9-5-4-8-18(20)2/h4-14H,15-16H2,1-3H3. The van der Waals surface area contributed by atoms with E-state index in [4.69, 9.17) is 5.10 Å². The third kappa shape index (κ3) is 2.94. The van der Waals surface area contributed by atoms with E-state index < -0.39 is 0 Å². The zero-order chi connectivity index (χ0) is 20.8. The molecule has 1 aliphatic rings. The van der Waals surface area contributed by atoms with E-state index in [0.717, 1.165) is 33.9 Å². The number of aryl methyl sites for hydroxylation is 3. The van der Waals surface area contributed by atoms with Crippen molar-refractivity contribution in [3.63, 3.8) is 0 Å². The van der Waals surface area contributed by atoms with Gasteiger partial charge >= 0.3 is 0 Å². The van der Waals surface area contributed by atoms with E-state index >= 15 is 0 Å². The van der Waals surface area contributed by atoms with Gasteiger partial charge in [-0.05, 0) is 56.2 Å². The lowest BCUT2D eigenvalue weighted by atomic mass is 10.1. The van der Waals surface area contributed by atoms with Crippen molar-refractivity contribution < 1.29 is 4.79 Å². The lowest BCUT2D eigenvalue weighted by Crippen LogP contribution is -2.27. The van der Waals surface area contributed by atoms with Crippen molar-refractivity contribution in [1.29, 1.82) is 0 Å². The first-order valence-electron chi connectivity index (χ1n) is 10.2. The first kappa shape index (κ1) is 18.4. The largest absolute Gasteiger partial charge is 0.328 e. The number of amides is 1. The quantitative estimate of drug-likeness (QED) is 0.502. The molecule has 5 heteroatoms. The van der Waals surface area contributed by atoms with Crippen molar-refractivity contribution in [2.45, 2.75) is 33.9 Å². The first-order valence-corrected chi connectivity index (χ1v) is 10.2. The molecule has 0 unspecified atom stereocenters. The van der Waals surface area contributed by atoms with Gasteiger partial charge < -0.3 is 9.47 Å². The Labute approximate surface area is 176 Å². The Bertz CT molecular complexity index is 1250. The van der Waals surface area contributed by atoms with Crippen LogP contribution in [0.25, 0.3) is 11.5 Å². The highest BCUT2D eigenvalue weighted by molar-refractivity contribution is 5.96. The Morgan fingerprint density at radius 2 is 1.67 bits per heavy atom. The highest BCUT2D eigenvalue weighted by Gasteiger charge is 2.32. The van der Waals surface area contributed by atoms with Gasteiger partial charge in [0.2, 0.25) is 0 Å². The van der Waals surface area contributed by atoms with Crippen LogP contribution in [-0.2, 0) is 13.1 Å². The van der Waals surface area contributed by atoms with Crippen LogP contribution in [0.2, 0.25) is 0 Å². The second-order valence-electron chi connectivity index (χ2n) is 8.02. The molecule has 4 aromatic rings. The van der Waals surface area contributed by atoms with E-state index in [1.165, 1.54) is 11.1 Å². The third-order valence-corrected chi connectivity index (χ3v) is 5.82. The number of fused-ring (bicyclic) bond motifs is 1. The average Bonchev–Trinajstić information content (AvgIpc) is 3.43. The van der Waals surface area contributed by atoms with Crippen LogP contribution in [0.4, 0.5) is 0 Å². The Kier molecular flexibility index (Phi) is 4.31. The number of benzene rings is 2. The number of aromatic nitrogens is 3. The van der Waals surface area contributed by atoms with Gasteiger partial charge in [-0.1, -0.05) is 35.9 Å². The van der Waals surface area contributed by atoms with E-state index in [9.17, 15) is 4.79 Å². The Morgan fingerprint density at radius 3 is 2.40 bits per heavy atom. The molecule has 2 aromatic heterocycles. The van der Waals surface area contributed by atoms with Crippen molar-refractivity contribution in [3.8, 4) is 11.5 Å². The molecule has 150 valence electrons. The van der Waals surface area contributed by atoms with Gasteiger partial charge in [0.1, 0.15) is 5.82 Å². The average molecular weight is 396 g/mol. The summed E-state index contributed by atoms with van der Waals surface area (Å²) >= 11 is 0. The highest BCUT2D eigenvalue weighted by atomic mass is 16.2. The van der Waals surface area contributed by atoms with Gasteiger partial charge in [-0.15, -0.1) is 0 Å². The monoisotopic (exact) mass is 396 g/mol. The lowest BCUT2D eigenvalue weighted by molar-refractivity contribution is 0.0748. The minimum Gasteiger partial charge on any atom is -0.328 e. The van der Waals surface area contributed by atoms with Crippen LogP contribution in [-0.4, -0.2) is 25.2 Å². The van der Waals surface area contributed by atoms with E-state index in [-0.39, 0.29) is 5.91 Å². The summed E-state index contributed by atoms with van der Waals surface area (Å²) in [4.78, 5) is 15.1. The van der Waals surface area contributed by atoms with Crippen molar-refractivity contribution in [1.82, 2.24) is 19.2 Å². The van der Waals surface area contributed by atoms with Gasteiger partial charge in [-0.25, -0.2) is 4.68 Å². The molecule has 0 saturated carbocycles. The minimum atomic E-state index is 0.0580. The molecule has 1 amide bonds. The van der Waals surface area contributed by atoms with E-state index in [1.807, 2.05) is 65.3 Å². The molecule has 0 saturated heterocycles. The van der Waals surface area contributed by atoms with Crippen LogP contribution in [0.5, 0.6) is 0 Å². The molecule has 5 nitrogen and oxygen atoms in total. The van der Waals surface area contributed by atoms with E-state index in [1.54, 1.807) is 0 Å². The van der Waals surface area contributed by atoms with Crippen molar-refractivity contribution in [2.75, 3.05) is 0 Å². The van der Waals surface area contributed by atoms with Crippen LogP contribution in [0.1, 0.15) is 38.3 Å². The van der Waals surface area contributed by atoms with Crippen molar-refractivity contribution in [2.24, 2.45) is 0 Å². The Balaban J connectivity index is 1.58. The second kappa shape index (κ2) is 7.02. The molecule has 0 spiro atoms. The van der Waals surface area contributed by atoms with Crippen LogP contribution in [0, 0.1) is 20.8 Å². The van der Waals surface area contributed by atoms with Crippen LogP contribution in [0.3, 0.4) is 0 Å². The maximum absolute atomic E-state index is 13.2. The maximum Gasteiger partial charge on any atom is 0.254 e. The molecule has 30 heavy (non-hydrogen) atoms. The van der Waals surface area contributed by atoms with Gasteiger partial charge in [0, 0.05) is 23.5 Å². The van der Waals surface area contributed by atoms with Gasteiger partial charge in [0.15, 0.2) is 0 Å². The lowest BCUT2D eigenvalue weighted by Gasteiger charge is -2.19. The van der Waals surface area contributed by atoms with Gasteiger partial charge in [-0.3, -0.25) is 4.79 Å². The molecular weight excluding hydrogens is 372 g/mol. The predicted molar refractivity (Wildman–Crippen MR) is 117 cm³/mol. The number of nitrogens with zero attached hydrogens (tertiary/aromatic N) is 4. The van der Waals surface area contributed by atoms with Crippen LogP contribution in [0.15, 0.2) is 67.0 Å². The number of rotatable bonds is 3. The van der Waals surface area contributed by atoms with Crippen molar-refractivity contribution in [3.05, 3.63) is 101 Å². The fraction of sp³-hybridized carbons (Fsp3) is 0.200.